The maximum atomic E-state index is 13.3. The summed E-state index contributed by atoms with van der Waals surface area (Å²) in [6.07, 6.45) is 0.675. The molecule has 0 aromatic heterocycles. The topological polar surface area (TPSA) is 101 Å². The number of rotatable bonds is 7. The van der Waals surface area contributed by atoms with Gasteiger partial charge in [0.25, 0.3) is 0 Å². The highest BCUT2D eigenvalue weighted by atomic mass is 32.2. The van der Waals surface area contributed by atoms with Crippen molar-refractivity contribution in [1.82, 2.24) is 14.7 Å². The van der Waals surface area contributed by atoms with E-state index in [1.54, 1.807) is 37.0 Å². The predicted octanol–water partition coefficient (Wildman–Crippen LogP) is 2.92. The van der Waals surface area contributed by atoms with Crippen molar-refractivity contribution in [3.05, 3.63) is 46.1 Å². The lowest BCUT2D eigenvalue weighted by molar-refractivity contribution is -0.138. The molecule has 0 radical (unpaired) electrons. The summed E-state index contributed by atoms with van der Waals surface area (Å²) in [6.45, 7) is 5.51. The Bertz CT molecular complexity index is 1160. The number of allylic oxidation sites excluding steroid dienone is 1. The molecule has 11 heteroatoms. The first-order chi connectivity index (χ1) is 17.8. The molecule has 10 nitrogen and oxygen atoms in total. The molecule has 0 spiro atoms. The quantitative estimate of drug-likeness (QED) is 0.498. The van der Waals surface area contributed by atoms with Crippen molar-refractivity contribution in [2.75, 3.05) is 47.5 Å². The number of hydrogen-bond acceptors (Lipinski definition) is 9. The monoisotopic (exact) mass is 528 g/mol. The standard InChI is InChI=1S/C26H32N4O6S/c1-6-21-23(25(33)36-5)24(17-11-19(34-3)14-20(12-17)35-4)30-18(15-37-26(30)27-21)13-22(32)29-9-7-28(8-10-29)16(2)31/h11-12,14-15,24H,6-10,13H2,1-5H3/t24-/m1/s1. The summed E-state index contributed by atoms with van der Waals surface area (Å²) < 4.78 is 16.2. The second-order valence-electron chi connectivity index (χ2n) is 8.81. The van der Waals surface area contributed by atoms with Crippen LogP contribution in [0.25, 0.3) is 0 Å². The van der Waals surface area contributed by atoms with E-state index in [2.05, 4.69) is 0 Å². The Morgan fingerprint density at radius 2 is 1.62 bits per heavy atom. The van der Waals surface area contributed by atoms with Gasteiger partial charge in [0.2, 0.25) is 11.8 Å². The summed E-state index contributed by atoms with van der Waals surface area (Å²) in [5, 5.41) is 2.61. The lowest BCUT2D eigenvalue weighted by atomic mass is 9.92. The normalized spacial score (nSPS) is 19.3. The number of amides is 2. The van der Waals surface area contributed by atoms with Gasteiger partial charge < -0.3 is 28.9 Å². The summed E-state index contributed by atoms with van der Waals surface area (Å²) in [7, 11) is 4.50. The number of ether oxygens (including phenoxy) is 3. The van der Waals surface area contributed by atoms with Crippen molar-refractivity contribution in [3.63, 3.8) is 0 Å². The number of aliphatic imine (C=N–C) groups is 1. The van der Waals surface area contributed by atoms with Crippen molar-refractivity contribution in [2.45, 2.75) is 32.7 Å². The molecule has 0 aliphatic carbocycles. The first kappa shape index (κ1) is 26.6. The highest BCUT2D eigenvalue weighted by molar-refractivity contribution is 8.16. The molecule has 0 bridgehead atoms. The zero-order chi connectivity index (χ0) is 26.7. The molecule has 0 saturated carbocycles. The SMILES string of the molecule is CCC1=C(C(=O)OC)[C@@H](c2cc(OC)cc(OC)c2)N2C(CC(=O)N3CCN(C(C)=O)CC3)=CSC2=N1. The highest BCUT2D eigenvalue weighted by Crippen LogP contribution is 2.46. The minimum Gasteiger partial charge on any atom is -0.497 e. The van der Waals surface area contributed by atoms with Gasteiger partial charge >= 0.3 is 5.97 Å². The van der Waals surface area contributed by atoms with E-state index in [4.69, 9.17) is 19.2 Å². The summed E-state index contributed by atoms with van der Waals surface area (Å²) >= 11 is 1.43. The van der Waals surface area contributed by atoms with Crippen molar-refractivity contribution in [2.24, 2.45) is 4.99 Å². The second-order valence-corrected chi connectivity index (χ2v) is 9.65. The van der Waals surface area contributed by atoms with Crippen LogP contribution in [0.4, 0.5) is 0 Å². The molecule has 3 aliphatic heterocycles. The van der Waals surface area contributed by atoms with E-state index in [1.807, 2.05) is 29.4 Å². The number of hydrogen-bond donors (Lipinski definition) is 0. The van der Waals surface area contributed by atoms with Gasteiger partial charge in [-0.05, 0) is 29.5 Å². The fraction of sp³-hybridized carbons (Fsp3) is 0.462. The first-order valence-electron chi connectivity index (χ1n) is 12.1. The van der Waals surface area contributed by atoms with Gasteiger partial charge in [-0.1, -0.05) is 18.7 Å². The molecule has 37 heavy (non-hydrogen) atoms. The zero-order valence-electron chi connectivity index (χ0n) is 21.8. The van der Waals surface area contributed by atoms with Gasteiger partial charge in [0.05, 0.1) is 45.1 Å². The van der Waals surface area contributed by atoms with Gasteiger partial charge in [0, 0.05) is 44.9 Å². The predicted molar refractivity (Wildman–Crippen MR) is 140 cm³/mol. The molecule has 1 fully saturated rings. The van der Waals surface area contributed by atoms with E-state index in [9.17, 15) is 14.4 Å². The molecule has 2 amide bonds. The Balaban J connectivity index is 1.69. The summed E-state index contributed by atoms with van der Waals surface area (Å²) in [6, 6.07) is 4.90. The summed E-state index contributed by atoms with van der Waals surface area (Å²) in [5.74, 6) is 0.661. The Hall–Kier alpha value is -3.47. The number of amidine groups is 1. The molecule has 1 aromatic rings. The minimum absolute atomic E-state index is 0.0154. The second kappa shape index (κ2) is 11.3. The number of thioether (sulfide) groups is 1. The van der Waals surface area contributed by atoms with Crippen LogP contribution in [-0.4, -0.2) is 85.2 Å². The third-order valence-corrected chi connectivity index (χ3v) is 7.62. The van der Waals surface area contributed by atoms with Crippen molar-refractivity contribution in [1.29, 1.82) is 0 Å². The average Bonchev–Trinajstić information content (AvgIpc) is 3.32. The molecule has 0 unspecified atom stereocenters. The molecule has 1 saturated heterocycles. The van der Waals surface area contributed by atoms with Gasteiger partial charge in [0.15, 0.2) is 5.17 Å². The summed E-state index contributed by atoms with van der Waals surface area (Å²) in [5.41, 5.74) is 2.55. The van der Waals surface area contributed by atoms with Gasteiger partial charge in [-0.15, -0.1) is 0 Å². The Morgan fingerprint density at radius 3 is 2.16 bits per heavy atom. The molecule has 3 heterocycles. The molecule has 198 valence electrons. The lowest BCUT2D eigenvalue weighted by Gasteiger charge is -2.38. The van der Waals surface area contributed by atoms with E-state index in [1.165, 1.54) is 18.9 Å². The van der Waals surface area contributed by atoms with Crippen LogP contribution in [0.15, 0.2) is 45.6 Å². The largest absolute Gasteiger partial charge is 0.497 e. The maximum Gasteiger partial charge on any atom is 0.338 e. The fourth-order valence-corrected chi connectivity index (χ4v) is 5.69. The molecular weight excluding hydrogens is 496 g/mol. The Morgan fingerprint density at radius 1 is 1.00 bits per heavy atom. The van der Waals surface area contributed by atoms with Crippen LogP contribution < -0.4 is 9.47 Å². The molecule has 4 rings (SSSR count). The van der Waals surface area contributed by atoms with E-state index in [-0.39, 0.29) is 18.2 Å². The molecule has 0 N–H and O–H groups in total. The highest BCUT2D eigenvalue weighted by Gasteiger charge is 2.42. The number of methoxy groups -OCH3 is 3. The Labute approximate surface area is 220 Å². The van der Waals surface area contributed by atoms with Crippen molar-refractivity contribution in [3.8, 4) is 11.5 Å². The van der Waals surface area contributed by atoms with Crippen LogP contribution in [0.5, 0.6) is 11.5 Å². The third-order valence-electron chi connectivity index (χ3n) is 6.73. The van der Waals surface area contributed by atoms with Gasteiger partial charge in [-0.25, -0.2) is 9.79 Å². The number of nitrogens with zero attached hydrogens (tertiary/aromatic N) is 4. The third kappa shape index (κ3) is 5.31. The smallest absolute Gasteiger partial charge is 0.338 e. The van der Waals surface area contributed by atoms with E-state index >= 15 is 0 Å². The molecule has 1 atom stereocenters. The van der Waals surface area contributed by atoms with Gasteiger partial charge in [-0.2, -0.15) is 0 Å². The zero-order valence-corrected chi connectivity index (χ0v) is 22.6. The number of carbonyl (C=O) groups is 3. The van der Waals surface area contributed by atoms with E-state index in [0.717, 1.165) is 11.3 Å². The van der Waals surface area contributed by atoms with Gasteiger partial charge in [0.1, 0.15) is 11.5 Å². The first-order valence-corrected chi connectivity index (χ1v) is 13.0. The van der Waals surface area contributed by atoms with Crippen molar-refractivity contribution >= 4 is 34.7 Å². The lowest BCUT2D eigenvalue weighted by Crippen LogP contribution is -2.50. The number of fused-ring (bicyclic) bond motifs is 1. The van der Waals surface area contributed by atoms with Crippen LogP contribution in [0.1, 0.15) is 38.3 Å². The fourth-order valence-electron chi connectivity index (χ4n) is 4.75. The minimum atomic E-state index is -0.581. The number of carbonyl (C=O) groups excluding carboxylic acids is 3. The average molecular weight is 529 g/mol. The van der Waals surface area contributed by atoms with Crippen LogP contribution in [-0.2, 0) is 19.1 Å². The maximum absolute atomic E-state index is 13.3. The van der Waals surface area contributed by atoms with E-state index in [0.29, 0.717) is 60.5 Å². The number of esters is 1. The van der Waals surface area contributed by atoms with Crippen LogP contribution in [0.2, 0.25) is 0 Å². The van der Waals surface area contributed by atoms with Crippen LogP contribution >= 0.6 is 11.8 Å². The van der Waals surface area contributed by atoms with Crippen molar-refractivity contribution < 1.29 is 28.6 Å². The molecule has 1 aromatic carbocycles. The number of benzene rings is 1. The Kier molecular flexibility index (Phi) is 8.11. The number of piperazine rings is 1. The van der Waals surface area contributed by atoms with Gasteiger partial charge in [-0.3, -0.25) is 9.59 Å². The molecular formula is C26H32N4O6S. The summed E-state index contributed by atoms with van der Waals surface area (Å²) in [4.78, 5) is 48.3. The molecule has 3 aliphatic rings. The van der Waals surface area contributed by atoms with Crippen LogP contribution in [0, 0.1) is 0 Å². The van der Waals surface area contributed by atoms with E-state index < -0.39 is 12.0 Å². The van der Waals surface area contributed by atoms with Crippen LogP contribution in [0.3, 0.4) is 0 Å².